The molecule has 0 aliphatic rings. The van der Waals surface area contributed by atoms with Crippen molar-refractivity contribution in [2.75, 3.05) is 13.2 Å². The maximum absolute atomic E-state index is 14.8. The first-order chi connectivity index (χ1) is 17.9. The first-order valence-electron chi connectivity index (χ1n) is 11.5. The Morgan fingerprint density at radius 2 is 1.43 bits per heavy atom. The third-order valence-electron chi connectivity index (χ3n) is 5.47. The predicted molar refractivity (Wildman–Crippen MR) is 135 cm³/mol. The topological polar surface area (TPSA) is 44.8 Å². The molecule has 0 aliphatic carbocycles. The second-order valence-corrected chi connectivity index (χ2v) is 7.91. The number of ether oxygens (including phenoxy) is 3. The molecule has 0 spiro atoms. The van der Waals surface area contributed by atoms with Gasteiger partial charge in [0.2, 0.25) is 5.82 Å². The van der Waals surface area contributed by atoms with Gasteiger partial charge in [-0.15, -0.1) is 0 Å². The summed E-state index contributed by atoms with van der Waals surface area (Å²) in [5.74, 6) is -3.61. The Morgan fingerprint density at radius 3 is 2.08 bits per heavy atom. The zero-order chi connectivity index (χ0) is 26.4. The minimum Gasteiger partial charge on any atom is -0.494 e. The molecule has 0 radical (unpaired) electrons. The maximum atomic E-state index is 14.8. The van der Waals surface area contributed by atoms with E-state index in [1.807, 2.05) is 6.92 Å². The molecule has 0 saturated heterocycles. The predicted octanol–water partition coefficient (Wildman–Crippen LogP) is 7.62. The summed E-state index contributed by atoms with van der Waals surface area (Å²) < 4.78 is 59.5. The molecule has 0 bridgehead atoms. The molecule has 7 heteroatoms. The first kappa shape index (κ1) is 25.6. The highest BCUT2D eigenvalue weighted by atomic mass is 19.2. The molecule has 0 atom stereocenters. The smallest absolute Gasteiger partial charge is 0.343 e. The molecule has 0 fully saturated rings. The van der Waals surface area contributed by atoms with Crippen LogP contribution in [0.4, 0.5) is 13.2 Å². The lowest BCUT2D eigenvalue weighted by atomic mass is 10.0. The number of carbonyl (C=O) groups is 1. The van der Waals surface area contributed by atoms with Crippen LogP contribution in [0.25, 0.3) is 22.3 Å². The molecule has 4 aromatic rings. The largest absolute Gasteiger partial charge is 0.494 e. The number of halogens is 3. The molecule has 4 nitrogen and oxygen atoms in total. The Kier molecular flexibility index (Phi) is 7.93. The van der Waals surface area contributed by atoms with E-state index in [1.54, 1.807) is 42.5 Å². The monoisotopic (exact) mass is 504 g/mol. The normalized spacial score (nSPS) is 10.6. The van der Waals surface area contributed by atoms with Crippen molar-refractivity contribution in [3.05, 3.63) is 115 Å². The van der Waals surface area contributed by atoms with Crippen molar-refractivity contribution >= 4 is 5.97 Å². The van der Waals surface area contributed by atoms with Crippen molar-refractivity contribution in [1.82, 2.24) is 0 Å². The highest BCUT2D eigenvalue weighted by Gasteiger charge is 2.19. The second-order valence-electron chi connectivity index (χ2n) is 7.91. The average molecular weight is 505 g/mol. The standard InChI is InChI=1S/C30H23F3O4/c1-3-17-36-26-15-11-22(18-25(26)31)19-5-7-21(8-6-19)30(34)37-27-16-14-24(28(32)29(27)33)20-9-12-23(13-10-20)35-4-2/h3,5-16,18H,1,4,17H2,2H3. The molecular formula is C30H23F3O4. The van der Waals surface area contributed by atoms with Crippen LogP contribution in [0.15, 0.2) is 91.5 Å². The van der Waals surface area contributed by atoms with Crippen molar-refractivity contribution in [3.63, 3.8) is 0 Å². The van der Waals surface area contributed by atoms with Crippen molar-refractivity contribution in [1.29, 1.82) is 0 Å². The van der Waals surface area contributed by atoms with Gasteiger partial charge in [0.15, 0.2) is 23.1 Å². The highest BCUT2D eigenvalue weighted by molar-refractivity contribution is 5.91. The van der Waals surface area contributed by atoms with Gasteiger partial charge < -0.3 is 14.2 Å². The summed E-state index contributed by atoms with van der Waals surface area (Å²) in [7, 11) is 0. The van der Waals surface area contributed by atoms with Gasteiger partial charge in [-0.2, -0.15) is 4.39 Å². The van der Waals surface area contributed by atoms with Crippen LogP contribution in [0.5, 0.6) is 17.2 Å². The SMILES string of the molecule is C=CCOc1ccc(-c2ccc(C(=O)Oc3ccc(-c4ccc(OCC)cc4)c(F)c3F)cc2)cc1F. The summed E-state index contributed by atoms with van der Waals surface area (Å²) in [4.78, 5) is 12.6. The van der Waals surface area contributed by atoms with Crippen LogP contribution in [0.1, 0.15) is 17.3 Å². The molecule has 0 unspecified atom stereocenters. The van der Waals surface area contributed by atoms with Gasteiger partial charge in [0.05, 0.1) is 12.2 Å². The molecule has 4 aromatic carbocycles. The van der Waals surface area contributed by atoms with Gasteiger partial charge in [0.25, 0.3) is 0 Å². The van der Waals surface area contributed by atoms with E-state index < -0.39 is 29.2 Å². The van der Waals surface area contributed by atoms with E-state index in [1.165, 1.54) is 42.5 Å². The molecule has 0 amide bonds. The summed E-state index contributed by atoms with van der Waals surface area (Å²) in [5, 5.41) is 0. The first-order valence-corrected chi connectivity index (χ1v) is 11.5. The fourth-order valence-electron chi connectivity index (χ4n) is 3.63. The molecule has 188 valence electrons. The number of esters is 1. The number of carbonyl (C=O) groups excluding carboxylic acids is 1. The van der Waals surface area contributed by atoms with Crippen molar-refractivity contribution in [2.45, 2.75) is 6.92 Å². The molecular weight excluding hydrogens is 481 g/mol. The van der Waals surface area contributed by atoms with Crippen LogP contribution < -0.4 is 14.2 Å². The van der Waals surface area contributed by atoms with Crippen LogP contribution in [0, 0.1) is 17.5 Å². The van der Waals surface area contributed by atoms with E-state index in [0.717, 1.165) is 0 Å². The average Bonchev–Trinajstić information content (AvgIpc) is 2.91. The third-order valence-corrected chi connectivity index (χ3v) is 5.47. The van der Waals surface area contributed by atoms with Crippen molar-refractivity contribution in [2.24, 2.45) is 0 Å². The van der Waals surface area contributed by atoms with Crippen molar-refractivity contribution in [3.8, 4) is 39.5 Å². The fourth-order valence-corrected chi connectivity index (χ4v) is 3.63. The van der Waals surface area contributed by atoms with E-state index in [0.29, 0.717) is 29.0 Å². The zero-order valence-corrected chi connectivity index (χ0v) is 20.0. The lowest BCUT2D eigenvalue weighted by molar-refractivity contribution is 0.0726. The van der Waals surface area contributed by atoms with Crippen LogP contribution in [-0.4, -0.2) is 19.2 Å². The van der Waals surface area contributed by atoms with Gasteiger partial charge in [0, 0.05) is 5.56 Å². The molecule has 4 rings (SSSR count). The van der Waals surface area contributed by atoms with E-state index >= 15 is 0 Å². The van der Waals surface area contributed by atoms with E-state index in [-0.39, 0.29) is 23.5 Å². The maximum Gasteiger partial charge on any atom is 0.343 e. The van der Waals surface area contributed by atoms with Gasteiger partial charge in [0.1, 0.15) is 12.4 Å². The van der Waals surface area contributed by atoms with Crippen LogP contribution in [0.3, 0.4) is 0 Å². The van der Waals surface area contributed by atoms with E-state index in [2.05, 4.69) is 6.58 Å². The summed E-state index contributed by atoms with van der Waals surface area (Å²) in [6.45, 7) is 6.04. The quantitative estimate of drug-likeness (QED) is 0.134. The molecule has 0 aliphatic heterocycles. The number of rotatable bonds is 9. The van der Waals surface area contributed by atoms with E-state index in [9.17, 15) is 18.0 Å². The van der Waals surface area contributed by atoms with Gasteiger partial charge in [-0.1, -0.05) is 43.0 Å². The Hall–Kier alpha value is -4.52. The highest BCUT2D eigenvalue weighted by Crippen LogP contribution is 2.32. The Bertz CT molecular complexity index is 1410. The van der Waals surface area contributed by atoms with Gasteiger partial charge >= 0.3 is 5.97 Å². The third kappa shape index (κ3) is 5.83. The summed E-state index contributed by atoms with van der Waals surface area (Å²) in [6.07, 6.45) is 1.52. The van der Waals surface area contributed by atoms with Crippen LogP contribution in [-0.2, 0) is 0 Å². The van der Waals surface area contributed by atoms with Crippen molar-refractivity contribution < 1.29 is 32.2 Å². The van der Waals surface area contributed by atoms with E-state index in [4.69, 9.17) is 14.2 Å². The number of benzene rings is 4. The van der Waals surface area contributed by atoms with Crippen LogP contribution >= 0.6 is 0 Å². The zero-order valence-electron chi connectivity index (χ0n) is 20.0. The summed E-state index contributed by atoms with van der Waals surface area (Å²) in [6, 6.07) is 19.7. The Morgan fingerprint density at radius 1 is 0.784 bits per heavy atom. The lowest BCUT2D eigenvalue weighted by Gasteiger charge is -2.11. The molecule has 37 heavy (non-hydrogen) atoms. The minimum absolute atomic E-state index is 0.0258. The molecule has 0 saturated carbocycles. The molecule has 0 heterocycles. The molecule has 0 aromatic heterocycles. The summed E-state index contributed by atoms with van der Waals surface area (Å²) in [5.41, 5.74) is 1.80. The second kappa shape index (κ2) is 11.5. The molecule has 0 N–H and O–H groups in total. The minimum atomic E-state index is -1.27. The summed E-state index contributed by atoms with van der Waals surface area (Å²) >= 11 is 0. The Labute approximate surface area is 212 Å². The lowest BCUT2D eigenvalue weighted by Crippen LogP contribution is -2.10. The Balaban J connectivity index is 1.48. The fraction of sp³-hybridized carbons (Fsp3) is 0.100. The van der Waals surface area contributed by atoms with Gasteiger partial charge in [-0.3, -0.25) is 0 Å². The number of hydrogen-bond donors (Lipinski definition) is 0. The van der Waals surface area contributed by atoms with Crippen LogP contribution in [0.2, 0.25) is 0 Å². The number of hydrogen-bond acceptors (Lipinski definition) is 4. The van der Waals surface area contributed by atoms with Gasteiger partial charge in [-0.05, 0) is 72.1 Å². The van der Waals surface area contributed by atoms with Gasteiger partial charge in [-0.25, -0.2) is 13.6 Å².